The molecule has 0 saturated carbocycles. The van der Waals surface area contributed by atoms with Crippen molar-refractivity contribution in [3.05, 3.63) is 45.5 Å². The monoisotopic (exact) mass is 267 g/mol. The van der Waals surface area contributed by atoms with Crippen LogP contribution < -0.4 is 10.3 Å². The minimum Gasteiger partial charge on any atom is -0.478 e. The number of fused-ring (bicyclic) bond motifs is 3. The molecule has 1 N–H and O–H groups in total. The molecule has 0 radical (unpaired) electrons. The zero-order chi connectivity index (χ0) is 14.1. The Morgan fingerprint density at radius 2 is 2.40 bits per heavy atom. The molecule has 0 amide bonds. The third-order valence-corrected chi connectivity index (χ3v) is 3.49. The van der Waals surface area contributed by atoms with Crippen LogP contribution in [0.3, 0.4) is 0 Å². The number of nitriles is 1. The van der Waals surface area contributed by atoms with Crippen molar-refractivity contribution >= 4 is 0 Å². The summed E-state index contributed by atoms with van der Waals surface area (Å²) < 4.78 is 5.65. The van der Waals surface area contributed by atoms with Gasteiger partial charge in [0.25, 0.3) is 5.56 Å². The van der Waals surface area contributed by atoms with Gasteiger partial charge in [0.15, 0.2) is 0 Å². The van der Waals surface area contributed by atoms with E-state index in [1.54, 1.807) is 6.20 Å². The van der Waals surface area contributed by atoms with Gasteiger partial charge in [-0.05, 0) is 18.1 Å². The van der Waals surface area contributed by atoms with Gasteiger partial charge in [0.1, 0.15) is 11.6 Å². The Hall–Kier alpha value is -2.61. The molecule has 3 heterocycles. The third kappa shape index (κ3) is 1.77. The number of nitrogens with zero attached hydrogens (tertiary/aromatic N) is 2. The molecule has 1 aliphatic heterocycles. The van der Waals surface area contributed by atoms with Crippen LogP contribution in [0.4, 0.5) is 0 Å². The number of pyridine rings is 2. The minimum atomic E-state index is -0.393. The maximum Gasteiger partial charge on any atom is 0.268 e. The topological polar surface area (TPSA) is 78.8 Å². The molecule has 1 aliphatic rings. The van der Waals surface area contributed by atoms with Crippen LogP contribution in [0.2, 0.25) is 0 Å². The lowest BCUT2D eigenvalue weighted by atomic mass is 9.95. The Labute approximate surface area is 115 Å². The third-order valence-electron chi connectivity index (χ3n) is 3.49. The lowest BCUT2D eigenvalue weighted by molar-refractivity contribution is 0.312. The van der Waals surface area contributed by atoms with Crippen LogP contribution in [0.1, 0.15) is 23.7 Å². The first-order valence-corrected chi connectivity index (χ1v) is 6.52. The van der Waals surface area contributed by atoms with Crippen molar-refractivity contribution in [2.24, 2.45) is 0 Å². The van der Waals surface area contributed by atoms with Crippen LogP contribution in [-0.4, -0.2) is 16.6 Å². The first-order chi connectivity index (χ1) is 9.76. The summed E-state index contributed by atoms with van der Waals surface area (Å²) in [6, 6.07) is 5.80. The van der Waals surface area contributed by atoms with E-state index in [2.05, 4.69) is 9.97 Å². The fourth-order valence-electron chi connectivity index (χ4n) is 2.61. The average Bonchev–Trinajstić information content (AvgIpc) is 2.64. The highest BCUT2D eigenvalue weighted by Crippen LogP contribution is 2.36. The highest BCUT2D eigenvalue weighted by molar-refractivity contribution is 5.76. The fraction of sp³-hybridized carbons (Fsp3) is 0.267. The van der Waals surface area contributed by atoms with Crippen molar-refractivity contribution in [1.29, 1.82) is 5.26 Å². The molecule has 20 heavy (non-hydrogen) atoms. The number of nitrogens with one attached hydrogen (secondary N) is 1. The summed E-state index contributed by atoms with van der Waals surface area (Å²) in [5.41, 5.74) is 3.15. The molecule has 0 unspecified atom stereocenters. The Morgan fingerprint density at radius 1 is 1.55 bits per heavy atom. The highest BCUT2D eigenvalue weighted by Gasteiger charge is 2.23. The molecule has 100 valence electrons. The van der Waals surface area contributed by atoms with Gasteiger partial charge in [0, 0.05) is 23.7 Å². The largest absolute Gasteiger partial charge is 0.478 e. The van der Waals surface area contributed by atoms with E-state index in [4.69, 9.17) is 4.74 Å². The number of rotatable bonds is 1. The van der Waals surface area contributed by atoms with Crippen LogP contribution >= 0.6 is 0 Å². The van der Waals surface area contributed by atoms with Crippen molar-refractivity contribution < 1.29 is 4.74 Å². The molecule has 0 saturated heterocycles. The maximum absolute atomic E-state index is 12.0. The predicted octanol–water partition coefficient (Wildman–Crippen LogP) is 1.81. The van der Waals surface area contributed by atoms with Gasteiger partial charge in [-0.15, -0.1) is 0 Å². The molecule has 5 heteroatoms. The van der Waals surface area contributed by atoms with Crippen LogP contribution in [0.25, 0.3) is 11.1 Å². The van der Waals surface area contributed by atoms with Gasteiger partial charge < -0.3 is 4.74 Å². The van der Waals surface area contributed by atoms with Gasteiger partial charge in [-0.3, -0.25) is 14.8 Å². The van der Waals surface area contributed by atoms with E-state index < -0.39 is 5.56 Å². The fourth-order valence-corrected chi connectivity index (χ4v) is 2.61. The minimum absolute atomic E-state index is 0.159. The Balaban J connectivity index is 2.43. The summed E-state index contributed by atoms with van der Waals surface area (Å²) in [6.45, 7) is 2.39. The van der Waals surface area contributed by atoms with Crippen molar-refractivity contribution in [3.63, 3.8) is 0 Å². The second-order valence-corrected chi connectivity index (χ2v) is 4.57. The quantitative estimate of drug-likeness (QED) is 0.854. The van der Waals surface area contributed by atoms with Crippen molar-refractivity contribution in [2.45, 2.75) is 19.8 Å². The average molecular weight is 267 g/mol. The van der Waals surface area contributed by atoms with Crippen molar-refractivity contribution in [3.8, 4) is 23.1 Å². The van der Waals surface area contributed by atoms with Gasteiger partial charge in [0.2, 0.25) is 5.88 Å². The van der Waals surface area contributed by atoms with Crippen LogP contribution in [0.15, 0.2) is 23.1 Å². The van der Waals surface area contributed by atoms with Crippen molar-refractivity contribution in [2.75, 3.05) is 6.61 Å². The summed E-state index contributed by atoms with van der Waals surface area (Å²) in [5.74, 6) is 0.442. The molecular weight excluding hydrogens is 254 g/mol. The Kier molecular flexibility index (Phi) is 2.99. The maximum atomic E-state index is 12.0. The van der Waals surface area contributed by atoms with E-state index >= 15 is 0 Å². The summed E-state index contributed by atoms with van der Waals surface area (Å²) in [4.78, 5) is 19.0. The summed E-state index contributed by atoms with van der Waals surface area (Å²) in [7, 11) is 0. The normalized spacial score (nSPS) is 12.6. The van der Waals surface area contributed by atoms with E-state index in [9.17, 15) is 10.1 Å². The lowest BCUT2D eigenvalue weighted by Gasteiger charge is -2.13. The first-order valence-electron chi connectivity index (χ1n) is 6.52. The SMILES string of the molecule is CCc1c2c([nH]c(=O)c1C#N)OCCc1ncccc1-2. The zero-order valence-electron chi connectivity index (χ0n) is 11.1. The number of ether oxygens (including phenoxy) is 1. The van der Waals surface area contributed by atoms with Gasteiger partial charge in [0.05, 0.1) is 12.3 Å². The highest BCUT2D eigenvalue weighted by atomic mass is 16.5. The van der Waals surface area contributed by atoms with Crippen molar-refractivity contribution in [1.82, 2.24) is 9.97 Å². The lowest BCUT2D eigenvalue weighted by Crippen LogP contribution is -2.16. The molecule has 0 aliphatic carbocycles. The molecule has 0 atom stereocenters. The molecule has 2 aromatic rings. The molecule has 0 bridgehead atoms. The smallest absolute Gasteiger partial charge is 0.268 e. The number of H-pyrrole nitrogens is 1. The molecule has 0 fully saturated rings. The van der Waals surface area contributed by atoms with Gasteiger partial charge >= 0.3 is 0 Å². The first kappa shape index (κ1) is 12.4. The van der Waals surface area contributed by atoms with E-state index in [1.807, 2.05) is 25.1 Å². The number of aromatic amines is 1. The van der Waals surface area contributed by atoms with Gasteiger partial charge in [-0.2, -0.15) is 5.26 Å². The van der Waals surface area contributed by atoms with Gasteiger partial charge in [-0.1, -0.05) is 13.0 Å². The predicted molar refractivity (Wildman–Crippen MR) is 73.6 cm³/mol. The Morgan fingerprint density at radius 3 is 3.15 bits per heavy atom. The summed E-state index contributed by atoms with van der Waals surface area (Å²) >= 11 is 0. The zero-order valence-corrected chi connectivity index (χ0v) is 11.1. The van der Waals surface area contributed by atoms with Gasteiger partial charge in [-0.25, -0.2) is 0 Å². The molecule has 0 aromatic carbocycles. The summed E-state index contributed by atoms with van der Waals surface area (Å²) in [6.07, 6.45) is 3.01. The standard InChI is InChI=1S/C15H13N3O2/c1-2-9-11(8-16)14(19)18-15-13(9)10-4-3-6-17-12(10)5-7-20-15/h3-4,6H,2,5,7H2,1H3,(H,18,19). The van der Waals surface area contributed by atoms with E-state index in [-0.39, 0.29) is 5.56 Å². The van der Waals surface area contributed by atoms with E-state index in [0.717, 1.165) is 22.4 Å². The number of hydrogen-bond donors (Lipinski definition) is 1. The molecular formula is C15H13N3O2. The molecule has 3 rings (SSSR count). The second kappa shape index (κ2) is 4.82. The molecule has 2 aromatic heterocycles. The second-order valence-electron chi connectivity index (χ2n) is 4.57. The summed E-state index contributed by atoms with van der Waals surface area (Å²) in [5, 5.41) is 9.22. The molecule has 0 spiro atoms. The van der Waals surface area contributed by atoms with Crippen LogP contribution in [0, 0.1) is 11.3 Å². The number of hydrogen-bond acceptors (Lipinski definition) is 4. The van der Waals surface area contributed by atoms with E-state index in [1.165, 1.54) is 0 Å². The number of aromatic nitrogens is 2. The van der Waals surface area contributed by atoms with Crippen LogP contribution in [-0.2, 0) is 12.8 Å². The van der Waals surface area contributed by atoms with E-state index in [0.29, 0.717) is 25.3 Å². The van der Waals surface area contributed by atoms with Crippen LogP contribution in [0.5, 0.6) is 5.88 Å². The molecule has 5 nitrogen and oxygen atoms in total. The Bertz CT molecular complexity index is 772.